The van der Waals surface area contributed by atoms with Crippen molar-refractivity contribution in [3.63, 3.8) is 0 Å². The standard InChI is InChI=1S/C51H31N3S/c52-32-33-19-21-34(22-20-33)35-23-25-39(26-24-35)48-42-16-8-7-15-41(42)47(49-43-17-9-10-18-46(43)55-50(48)49)38-27-29-40(30-28-38)51-53-44(36-11-3-1-4-12-36)31-45(54-51)37-13-5-2-6-14-37/h1-31H. The van der Waals surface area contributed by atoms with Crippen LogP contribution in [0.5, 0.6) is 0 Å². The molecule has 0 amide bonds. The van der Waals surface area contributed by atoms with E-state index in [1.165, 1.54) is 47.6 Å². The molecule has 10 aromatic rings. The highest BCUT2D eigenvalue weighted by Gasteiger charge is 2.21. The van der Waals surface area contributed by atoms with Crippen molar-refractivity contribution in [3.8, 4) is 73.4 Å². The van der Waals surface area contributed by atoms with Crippen LogP contribution in [0.2, 0.25) is 0 Å². The lowest BCUT2D eigenvalue weighted by molar-refractivity contribution is 1.18. The number of rotatable bonds is 6. The molecule has 0 aliphatic rings. The van der Waals surface area contributed by atoms with Gasteiger partial charge in [-0.25, -0.2) is 9.97 Å². The molecule has 55 heavy (non-hydrogen) atoms. The predicted molar refractivity (Wildman–Crippen MR) is 230 cm³/mol. The number of thiophene rings is 1. The number of nitrogens with zero attached hydrogens (tertiary/aromatic N) is 3. The van der Waals surface area contributed by atoms with Crippen molar-refractivity contribution in [2.24, 2.45) is 0 Å². The molecule has 0 saturated carbocycles. The molecule has 0 saturated heterocycles. The molecule has 10 rings (SSSR count). The maximum atomic E-state index is 9.27. The number of hydrogen-bond acceptors (Lipinski definition) is 4. The van der Waals surface area contributed by atoms with Gasteiger partial charge in [-0.05, 0) is 62.9 Å². The molecule has 3 nitrogen and oxygen atoms in total. The first-order valence-corrected chi connectivity index (χ1v) is 19.1. The van der Waals surface area contributed by atoms with Gasteiger partial charge in [-0.15, -0.1) is 11.3 Å². The Kier molecular flexibility index (Phi) is 8.06. The normalized spacial score (nSPS) is 11.3. The van der Waals surface area contributed by atoms with Gasteiger partial charge in [0.1, 0.15) is 0 Å². The minimum atomic E-state index is 0.663. The van der Waals surface area contributed by atoms with Crippen molar-refractivity contribution in [2.45, 2.75) is 0 Å². The number of nitriles is 1. The van der Waals surface area contributed by atoms with E-state index in [0.717, 1.165) is 44.8 Å². The van der Waals surface area contributed by atoms with Gasteiger partial charge in [0.05, 0.1) is 23.0 Å². The molecular weight excluding hydrogens is 687 g/mol. The third kappa shape index (κ3) is 5.84. The Morgan fingerprint density at radius 2 is 0.855 bits per heavy atom. The zero-order valence-corrected chi connectivity index (χ0v) is 30.5. The highest BCUT2D eigenvalue weighted by atomic mass is 32.1. The van der Waals surface area contributed by atoms with Crippen LogP contribution in [0.4, 0.5) is 0 Å². The molecule has 0 atom stereocenters. The Morgan fingerprint density at radius 3 is 1.44 bits per heavy atom. The highest BCUT2D eigenvalue weighted by Crippen LogP contribution is 2.50. The van der Waals surface area contributed by atoms with E-state index in [4.69, 9.17) is 9.97 Å². The third-order valence-corrected chi connectivity index (χ3v) is 11.5. The molecule has 0 spiro atoms. The van der Waals surface area contributed by atoms with Gasteiger partial charge in [0.25, 0.3) is 0 Å². The molecule has 8 aromatic carbocycles. The lowest BCUT2D eigenvalue weighted by Crippen LogP contribution is -1.96. The quantitative estimate of drug-likeness (QED) is 0.172. The zero-order valence-electron chi connectivity index (χ0n) is 29.6. The Labute approximate surface area is 323 Å². The summed E-state index contributed by atoms with van der Waals surface area (Å²) >= 11 is 1.86. The summed E-state index contributed by atoms with van der Waals surface area (Å²) in [5.74, 6) is 0.697. The van der Waals surface area contributed by atoms with Gasteiger partial charge in [-0.2, -0.15) is 5.26 Å². The van der Waals surface area contributed by atoms with Crippen molar-refractivity contribution in [2.75, 3.05) is 0 Å². The number of benzene rings is 8. The summed E-state index contributed by atoms with van der Waals surface area (Å²) < 4.78 is 2.54. The first kappa shape index (κ1) is 32.5. The molecule has 0 fully saturated rings. The van der Waals surface area contributed by atoms with Gasteiger partial charge >= 0.3 is 0 Å². The average Bonchev–Trinajstić information content (AvgIpc) is 3.65. The second kappa shape index (κ2) is 13.7. The number of hydrogen-bond donors (Lipinski definition) is 0. The Balaban J connectivity index is 1.13. The van der Waals surface area contributed by atoms with Crippen LogP contribution in [0.3, 0.4) is 0 Å². The van der Waals surface area contributed by atoms with Crippen LogP contribution >= 0.6 is 11.3 Å². The summed E-state index contributed by atoms with van der Waals surface area (Å²) in [5.41, 5.74) is 12.6. The summed E-state index contributed by atoms with van der Waals surface area (Å²) in [7, 11) is 0. The molecule has 4 heteroatoms. The molecule has 2 aromatic heterocycles. The van der Waals surface area contributed by atoms with Gasteiger partial charge in [0.15, 0.2) is 5.82 Å². The van der Waals surface area contributed by atoms with Crippen LogP contribution in [0.25, 0.3) is 98.2 Å². The predicted octanol–water partition coefficient (Wildman–Crippen LogP) is 13.9. The summed E-state index contributed by atoms with van der Waals surface area (Å²) in [5, 5.41) is 14.2. The van der Waals surface area contributed by atoms with Gasteiger partial charge in [0.2, 0.25) is 0 Å². The fourth-order valence-corrected chi connectivity index (χ4v) is 8.97. The SMILES string of the molecule is N#Cc1ccc(-c2ccc(-c3c4ccccc4c(-c4ccc(-c5nc(-c6ccccc6)cc(-c6ccccc6)n5)cc4)c4c3sc3ccccc34)cc2)cc1. The molecular formula is C51H31N3S. The van der Waals surface area contributed by atoms with Crippen molar-refractivity contribution in [3.05, 3.63) is 194 Å². The van der Waals surface area contributed by atoms with E-state index in [0.29, 0.717) is 11.4 Å². The van der Waals surface area contributed by atoms with Crippen LogP contribution in [0, 0.1) is 11.3 Å². The summed E-state index contributed by atoms with van der Waals surface area (Å²) in [6.45, 7) is 0. The topological polar surface area (TPSA) is 49.6 Å². The Morgan fingerprint density at radius 1 is 0.400 bits per heavy atom. The lowest BCUT2D eigenvalue weighted by Gasteiger charge is -2.16. The van der Waals surface area contributed by atoms with E-state index in [2.05, 4.69) is 133 Å². The smallest absolute Gasteiger partial charge is 0.160 e. The van der Waals surface area contributed by atoms with Crippen LogP contribution in [-0.2, 0) is 0 Å². The Bertz CT molecular complexity index is 2990. The summed E-state index contributed by atoms with van der Waals surface area (Å²) in [6, 6.07) is 67.9. The van der Waals surface area contributed by atoms with Crippen molar-refractivity contribution >= 4 is 42.3 Å². The van der Waals surface area contributed by atoms with E-state index in [1.807, 2.05) is 72.0 Å². The van der Waals surface area contributed by atoms with Gasteiger partial charge in [-0.1, -0.05) is 164 Å². The van der Waals surface area contributed by atoms with Crippen molar-refractivity contribution < 1.29 is 0 Å². The van der Waals surface area contributed by atoms with Crippen LogP contribution in [-0.4, -0.2) is 9.97 Å². The second-order valence-electron chi connectivity index (χ2n) is 13.6. The maximum absolute atomic E-state index is 9.27. The number of aromatic nitrogens is 2. The van der Waals surface area contributed by atoms with Gasteiger partial charge in [-0.3, -0.25) is 0 Å². The van der Waals surface area contributed by atoms with Crippen LogP contribution in [0.1, 0.15) is 5.56 Å². The summed E-state index contributed by atoms with van der Waals surface area (Å²) in [6.07, 6.45) is 0. The van der Waals surface area contributed by atoms with Gasteiger partial charge < -0.3 is 0 Å². The van der Waals surface area contributed by atoms with Crippen LogP contribution in [0.15, 0.2) is 188 Å². The molecule has 256 valence electrons. The molecule has 0 N–H and O–H groups in total. The molecule has 0 aliphatic carbocycles. The van der Waals surface area contributed by atoms with E-state index < -0.39 is 0 Å². The molecule has 0 aliphatic heterocycles. The average molecular weight is 718 g/mol. The van der Waals surface area contributed by atoms with Gasteiger partial charge in [0, 0.05) is 42.4 Å². The van der Waals surface area contributed by atoms with E-state index in [9.17, 15) is 5.26 Å². The minimum absolute atomic E-state index is 0.663. The lowest BCUT2D eigenvalue weighted by atomic mass is 9.87. The van der Waals surface area contributed by atoms with Crippen molar-refractivity contribution in [1.29, 1.82) is 5.26 Å². The van der Waals surface area contributed by atoms with E-state index >= 15 is 0 Å². The first-order chi connectivity index (χ1) is 27.2. The minimum Gasteiger partial charge on any atom is -0.228 e. The molecule has 0 radical (unpaired) electrons. The van der Waals surface area contributed by atoms with E-state index in [1.54, 1.807) is 0 Å². The monoisotopic (exact) mass is 717 g/mol. The largest absolute Gasteiger partial charge is 0.228 e. The zero-order chi connectivity index (χ0) is 36.7. The summed E-state index contributed by atoms with van der Waals surface area (Å²) in [4.78, 5) is 10.2. The fraction of sp³-hybridized carbons (Fsp3) is 0. The fourth-order valence-electron chi connectivity index (χ4n) is 7.67. The maximum Gasteiger partial charge on any atom is 0.160 e. The molecule has 0 bridgehead atoms. The molecule has 0 unspecified atom stereocenters. The van der Waals surface area contributed by atoms with Crippen molar-refractivity contribution in [1.82, 2.24) is 9.97 Å². The first-order valence-electron chi connectivity index (χ1n) is 18.3. The second-order valence-corrected chi connectivity index (χ2v) is 14.7. The molecule has 2 heterocycles. The van der Waals surface area contributed by atoms with E-state index in [-0.39, 0.29) is 0 Å². The number of fused-ring (bicyclic) bond motifs is 4. The Hall–Kier alpha value is -7.19. The van der Waals surface area contributed by atoms with Crippen LogP contribution < -0.4 is 0 Å². The highest BCUT2D eigenvalue weighted by molar-refractivity contribution is 7.26. The third-order valence-electron chi connectivity index (χ3n) is 10.4.